The molecule has 106 valence electrons. The monoisotopic (exact) mass is 326 g/mol. The molecule has 0 bridgehead atoms. The summed E-state index contributed by atoms with van der Waals surface area (Å²) < 4.78 is 13.4. The second-order valence-corrected chi connectivity index (χ2v) is 6.95. The van der Waals surface area contributed by atoms with E-state index in [0.717, 1.165) is 11.1 Å². The number of hydrogen-bond donors (Lipinski definition) is 0. The molecule has 1 unspecified atom stereocenters. The zero-order valence-corrected chi connectivity index (χ0v) is 13.6. The van der Waals surface area contributed by atoms with Crippen LogP contribution in [0, 0.1) is 25.6 Å². The largest absolute Gasteiger partial charge is 0.207 e. The molecule has 0 heterocycles. The number of alkyl halides is 1. The van der Waals surface area contributed by atoms with Gasteiger partial charge < -0.3 is 0 Å². The smallest absolute Gasteiger partial charge is 0.123 e. The molecule has 0 nitrogen and oxygen atoms in total. The fourth-order valence-corrected chi connectivity index (χ4v) is 4.62. The van der Waals surface area contributed by atoms with Crippen molar-refractivity contribution in [1.29, 1.82) is 0 Å². The quantitative estimate of drug-likeness (QED) is 0.564. The van der Waals surface area contributed by atoms with Crippen molar-refractivity contribution >= 4 is 15.9 Å². The Morgan fingerprint density at radius 1 is 1.00 bits per heavy atom. The Balaban J connectivity index is 2.19. The van der Waals surface area contributed by atoms with Crippen LogP contribution in [0.15, 0.2) is 12.1 Å². The molecule has 19 heavy (non-hydrogen) atoms. The van der Waals surface area contributed by atoms with Crippen LogP contribution in [0.5, 0.6) is 0 Å². The number of rotatable bonds is 2. The second kappa shape index (κ2) is 6.88. The maximum atomic E-state index is 13.4. The van der Waals surface area contributed by atoms with Gasteiger partial charge in [-0.25, -0.2) is 4.39 Å². The number of benzene rings is 1. The summed E-state index contributed by atoms with van der Waals surface area (Å²) in [5.41, 5.74) is 3.48. The Labute approximate surface area is 124 Å². The first kappa shape index (κ1) is 15.0. The third-order valence-electron chi connectivity index (χ3n) is 4.40. The average molecular weight is 327 g/mol. The van der Waals surface area contributed by atoms with Crippen LogP contribution in [-0.2, 0) is 0 Å². The van der Waals surface area contributed by atoms with Gasteiger partial charge in [-0.05, 0) is 61.4 Å². The molecule has 1 atom stereocenters. The van der Waals surface area contributed by atoms with Crippen molar-refractivity contribution in [2.24, 2.45) is 5.92 Å². The standard InChI is InChI=1S/C17H24BrF/c1-12-10-15(19)11-13(2)16(12)17(18)14-8-6-4-3-5-7-9-14/h10-11,14,17H,3-9H2,1-2H3. The fourth-order valence-electron chi connectivity index (χ4n) is 3.37. The molecule has 1 aliphatic carbocycles. The molecule has 2 heteroatoms. The third kappa shape index (κ3) is 3.81. The molecule has 0 radical (unpaired) electrons. The van der Waals surface area contributed by atoms with E-state index in [9.17, 15) is 4.39 Å². The highest BCUT2D eigenvalue weighted by atomic mass is 79.9. The molecule has 0 amide bonds. The van der Waals surface area contributed by atoms with Crippen molar-refractivity contribution < 1.29 is 4.39 Å². The molecule has 0 saturated heterocycles. The number of aryl methyl sites for hydroxylation is 2. The molecule has 1 fully saturated rings. The van der Waals surface area contributed by atoms with Crippen molar-refractivity contribution in [3.8, 4) is 0 Å². The lowest BCUT2D eigenvalue weighted by molar-refractivity contribution is 0.373. The Kier molecular flexibility index (Phi) is 5.44. The molecule has 1 saturated carbocycles. The molecule has 0 aromatic heterocycles. The zero-order chi connectivity index (χ0) is 13.8. The van der Waals surface area contributed by atoms with Crippen LogP contribution in [0.4, 0.5) is 4.39 Å². The van der Waals surface area contributed by atoms with Gasteiger partial charge in [0.2, 0.25) is 0 Å². The third-order valence-corrected chi connectivity index (χ3v) is 5.60. The lowest BCUT2D eigenvalue weighted by atomic mass is 9.84. The van der Waals surface area contributed by atoms with E-state index in [1.165, 1.54) is 50.5 Å². The molecular weight excluding hydrogens is 303 g/mol. The molecule has 1 aromatic rings. The Morgan fingerprint density at radius 3 is 2.00 bits per heavy atom. The summed E-state index contributed by atoms with van der Waals surface area (Å²) >= 11 is 3.91. The van der Waals surface area contributed by atoms with Crippen LogP contribution in [0.3, 0.4) is 0 Å². The van der Waals surface area contributed by atoms with E-state index < -0.39 is 0 Å². The highest BCUT2D eigenvalue weighted by molar-refractivity contribution is 9.09. The van der Waals surface area contributed by atoms with Crippen molar-refractivity contribution in [2.45, 2.75) is 63.6 Å². The van der Waals surface area contributed by atoms with Crippen molar-refractivity contribution in [2.75, 3.05) is 0 Å². The van der Waals surface area contributed by atoms with Crippen molar-refractivity contribution in [3.05, 3.63) is 34.6 Å². The molecule has 2 rings (SSSR count). The van der Waals surface area contributed by atoms with Crippen molar-refractivity contribution in [3.63, 3.8) is 0 Å². The summed E-state index contributed by atoms with van der Waals surface area (Å²) in [4.78, 5) is 0.381. The van der Waals surface area contributed by atoms with Crippen LogP contribution in [0.1, 0.15) is 66.5 Å². The van der Waals surface area contributed by atoms with Crippen LogP contribution in [0.2, 0.25) is 0 Å². The van der Waals surface area contributed by atoms with Gasteiger partial charge in [0.25, 0.3) is 0 Å². The summed E-state index contributed by atoms with van der Waals surface area (Å²) in [5, 5.41) is 0. The Hall–Kier alpha value is -0.370. The first-order valence-electron chi connectivity index (χ1n) is 7.50. The molecule has 1 aromatic carbocycles. The number of hydrogen-bond acceptors (Lipinski definition) is 0. The van der Waals surface area contributed by atoms with Crippen LogP contribution < -0.4 is 0 Å². The van der Waals surface area contributed by atoms with Gasteiger partial charge in [0, 0.05) is 4.83 Å². The zero-order valence-electron chi connectivity index (χ0n) is 12.0. The van der Waals surface area contributed by atoms with Crippen LogP contribution >= 0.6 is 15.9 Å². The van der Waals surface area contributed by atoms with Gasteiger partial charge in [0.1, 0.15) is 5.82 Å². The van der Waals surface area contributed by atoms with E-state index in [-0.39, 0.29) is 5.82 Å². The molecule has 0 aliphatic heterocycles. The summed E-state index contributed by atoms with van der Waals surface area (Å²) in [5.74, 6) is 0.583. The first-order valence-corrected chi connectivity index (χ1v) is 8.42. The highest BCUT2D eigenvalue weighted by Crippen LogP contribution is 2.41. The van der Waals surface area contributed by atoms with Gasteiger partial charge >= 0.3 is 0 Å². The average Bonchev–Trinajstić information content (AvgIpc) is 2.26. The van der Waals surface area contributed by atoms with Gasteiger partial charge in [0.15, 0.2) is 0 Å². The lowest BCUT2D eigenvalue weighted by Crippen LogP contribution is -2.12. The SMILES string of the molecule is Cc1cc(F)cc(C)c1C(Br)C1CCCCCCC1. The Morgan fingerprint density at radius 2 is 1.47 bits per heavy atom. The van der Waals surface area contributed by atoms with Gasteiger partial charge in [-0.3, -0.25) is 0 Å². The van der Waals surface area contributed by atoms with Gasteiger partial charge in [-0.1, -0.05) is 48.0 Å². The van der Waals surface area contributed by atoms with Gasteiger partial charge in [-0.15, -0.1) is 0 Å². The first-order chi connectivity index (χ1) is 9.09. The summed E-state index contributed by atoms with van der Waals surface area (Å²) in [6, 6.07) is 3.33. The minimum atomic E-state index is -0.115. The maximum absolute atomic E-state index is 13.4. The predicted octanol–water partition coefficient (Wildman–Crippen LogP) is 6.24. The minimum absolute atomic E-state index is 0.115. The summed E-state index contributed by atoms with van der Waals surface area (Å²) in [7, 11) is 0. The second-order valence-electron chi connectivity index (χ2n) is 5.96. The van der Waals surface area contributed by atoms with Gasteiger partial charge in [-0.2, -0.15) is 0 Å². The lowest BCUT2D eigenvalue weighted by Gasteiger charge is -2.27. The van der Waals surface area contributed by atoms with E-state index >= 15 is 0 Å². The molecule has 0 N–H and O–H groups in total. The highest BCUT2D eigenvalue weighted by Gasteiger charge is 2.24. The molecular formula is C17H24BrF. The summed E-state index contributed by atoms with van der Waals surface area (Å²) in [6.45, 7) is 4.06. The fraction of sp³-hybridized carbons (Fsp3) is 0.647. The van der Waals surface area contributed by atoms with E-state index in [1.54, 1.807) is 12.1 Å². The van der Waals surface area contributed by atoms with Crippen molar-refractivity contribution in [1.82, 2.24) is 0 Å². The maximum Gasteiger partial charge on any atom is 0.123 e. The van der Waals surface area contributed by atoms with Crippen LogP contribution in [0.25, 0.3) is 0 Å². The molecule has 1 aliphatic rings. The normalized spacial score (nSPS) is 19.8. The summed E-state index contributed by atoms with van der Waals surface area (Å²) in [6.07, 6.45) is 9.42. The van der Waals surface area contributed by atoms with E-state index in [4.69, 9.17) is 0 Å². The van der Waals surface area contributed by atoms with Crippen LogP contribution in [-0.4, -0.2) is 0 Å². The minimum Gasteiger partial charge on any atom is -0.207 e. The number of halogens is 2. The van der Waals surface area contributed by atoms with E-state index in [0.29, 0.717) is 10.7 Å². The molecule has 0 spiro atoms. The Bertz CT molecular complexity index is 396. The van der Waals surface area contributed by atoms with E-state index in [1.807, 2.05) is 13.8 Å². The topological polar surface area (TPSA) is 0 Å². The predicted molar refractivity (Wildman–Crippen MR) is 83.4 cm³/mol. The van der Waals surface area contributed by atoms with E-state index in [2.05, 4.69) is 15.9 Å². The van der Waals surface area contributed by atoms with Gasteiger partial charge in [0.05, 0.1) is 0 Å².